The topological polar surface area (TPSA) is 66.5 Å². The van der Waals surface area contributed by atoms with Crippen LogP contribution in [0.15, 0.2) is 64.4 Å². The van der Waals surface area contributed by atoms with Crippen LogP contribution < -0.4 is 5.32 Å². The van der Waals surface area contributed by atoms with Gasteiger partial charge in [-0.1, -0.05) is 37.1 Å². The molecular formula is C21H26N2O3S2. The zero-order valence-corrected chi connectivity index (χ0v) is 17.5. The quantitative estimate of drug-likeness (QED) is 0.678. The Bertz CT molecular complexity index is 878. The number of anilines is 1. The second-order valence-electron chi connectivity index (χ2n) is 6.81. The van der Waals surface area contributed by atoms with Crippen LogP contribution in [0.3, 0.4) is 0 Å². The van der Waals surface area contributed by atoms with Crippen molar-refractivity contribution in [1.29, 1.82) is 0 Å². The summed E-state index contributed by atoms with van der Waals surface area (Å²) in [7, 11) is -3.52. The highest BCUT2D eigenvalue weighted by molar-refractivity contribution is 7.99. The molecule has 1 amide bonds. The Hall–Kier alpha value is -1.83. The lowest BCUT2D eigenvalue weighted by molar-refractivity contribution is -0.115. The summed E-state index contributed by atoms with van der Waals surface area (Å²) in [6, 6.07) is 16.5. The number of nitrogens with one attached hydrogen (secondary N) is 1. The van der Waals surface area contributed by atoms with Crippen molar-refractivity contribution >= 4 is 33.4 Å². The summed E-state index contributed by atoms with van der Waals surface area (Å²) < 4.78 is 27.4. The van der Waals surface area contributed by atoms with Crippen molar-refractivity contribution in [3.63, 3.8) is 0 Å². The highest BCUT2D eigenvalue weighted by Gasteiger charge is 2.25. The van der Waals surface area contributed by atoms with Crippen molar-refractivity contribution in [3.05, 3.63) is 54.6 Å². The van der Waals surface area contributed by atoms with Crippen molar-refractivity contribution in [2.45, 2.75) is 41.9 Å². The van der Waals surface area contributed by atoms with Crippen LogP contribution in [0.2, 0.25) is 0 Å². The molecule has 2 aromatic carbocycles. The van der Waals surface area contributed by atoms with Crippen LogP contribution in [-0.4, -0.2) is 37.5 Å². The molecule has 1 aliphatic heterocycles. The second kappa shape index (κ2) is 10.1. The molecule has 1 N–H and O–H groups in total. The lowest BCUT2D eigenvalue weighted by Crippen LogP contribution is -2.32. The molecular weight excluding hydrogens is 392 g/mol. The van der Waals surface area contributed by atoms with Crippen LogP contribution in [0.25, 0.3) is 0 Å². The minimum atomic E-state index is -3.52. The monoisotopic (exact) mass is 418 g/mol. The zero-order chi connectivity index (χ0) is 19.8. The molecule has 1 aliphatic rings. The van der Waals surface area contributed by atoms with Crippen LogP contribution >= 0.6 is 11.8 Å². The molecule has 0 unspecified atom stereocenters. The van der Waals surface area contributed by atoms with E-state index >= 15 is 0 Å². The molecule has 0 spiro atoms. The molecule has 0 aliphatic carbocycles. The first kappa shape index (κ1) is 20.9. The standard InChI is InChI=1S/C21H26N2O3S2/c24-21(13-16-27-19-10-4-3-5-11-19)22-18-9-8-12-20(17-18)28(25,26)23-14-6-1-2-7-15-23/h3-5,8-12,17H,1-2,6-7,13-16H2,(H,22,24). The van der Waals surface area contributed by atoms with Gasteiger partial charge in [0.2, 0.25) is 15.9 Å². The van der Waals surface area contributed by atoms with Gasteiger partial charge in [0, 0.05) is 35.8 Å². The lowest BCUT2D eigenvalue weighted by Gasteiger charge is -2.20. The number of sulfonamides is 1. The lowest BCUT2D eigenvalue weighted by atomic mass is 10.2. The zero-order valence-electron chi connectivity index (χ0n) is 15.8. The number of benzene rings is 2. The van der Waals surface area contributed by atoms with Gasteiger partial charge in [-0.3, -0.25) is 4.79 Å². The van der Waals surface area contributed by atoms with E-state index in [1.807, 2.05) is 30.3 Å². The summed E-state index contributed by atoms with van der Waals surface area (Å²) in [5.74, 6) is 0.550. The Morgan fingerprint density at radius 3 is 2.39 bits per heavy atom. The van der Waals surface area contributed by atoms with Gasteiger partial charge in [0.1, 0.15) is 0 Å². The molecule has 7 heteroatoms. The molecule has 1 fully saturated rings. The molecule has 2 aromatic rings. The molecule has 150 valence electrons. The van der Waals surface area contributed by atoms with E-state index in [2.05, 4.69) is 5.32 Å². The van der Waals surface area contributed by atoms with Gasteiger partial charge in [-0.15, -0.1) is 11.8 Å². The fourth-order valence-corrected chi connectivity index (χ4v) is 5.60. The maximum absolute atomic E-state index is 12.9. The molecule has 1 saturated heterocycles. The van der Waals surface area contributed by atoms with E-state index in [1.165, 1.54) is 0 Å². The Kier molecular flexibility index (Phi) is 7.53. The summed E-state index contributed by atoms with van der Waals surface area (Å²) in [4.78, 5) is 13.6. The van der Waals surface area contributed by atoms with Gasteiger partial charge in [0.15, 0.2) is 0 Å². The number of amides is 1. The molecule has 5 nitrogen and oxygen atoms in total. The molecule has 0 atom stereocenters. The van der Waals surface area contributed by atoms with Crippen LogP contribution in [0.1, 0.15) is 32.1 Å². The van der Waals surface area contributed by atoms with E-state index < -0.39 is 10.0 Å². The number of carbonyl (C=O) groups excluding carboxylic acids is 1. The number of hydrogen-bond acceptors (Lipinski definition) is 4. The summed E-state index contributed by atoms with van der Waals surface area (Å²) >= 11 is 1.62. The van der Waals surface area contributed by atoms with E-state index in [9.17, 15) is 13.2 Å². The predicted molar refractivity (Wildman–Crippen MR) is 114 cm³/mol. The highest BCUT2D eigenvalue weighted by Crippen LogP contribution is 2.23. The maximum atomic E-state index is 12.9. The highest BCUT2D eigenvalue weighted by atomic mass is 32.2. The average molecular weight is 419 g/mol. The normalized spacial score (nSPS) is 15.7. The van der Waals surface area contributed by atoms with Crippen LogP contribution in [0, 0.1) is 0 Å². The smallest absolute Gasteiger partial charge is 0.243 e. The largest absolute Gasteiger partial charge is 0.326 e. The average Bonchev–Trinajstić information content (AvgIpc) is 2.99. The van der Waals surface area contributed by atoms with Gasteiger partial charge in [0.05, 0.1) is 4.90 Å². The first-order chi connectivity index (χ1) is 13.6. The van der Waals surface area contributed by atoms with Crippen molar-refractivity contribution in [2.75, 3.05) is 24.2 Å². The minimum absolute atomic E-state index is 0.118. The molecule has 0 saturated carbocycles. The number of carbonyl (C=O) groups is 1. The predicted octanol–water partition coefficient (Wildman–Crippen LogP) is 4.37. The number of nitrogens with zero attached hydrogens (tertiary/aromatic N) is 1. The fourth-order valence-electron chi connectivity index (χ4n) is 3.17. The van der Waals surface area contributed by atoms with Crippen molar-refractivity contribution < 1.29 is 13.2 Å². The fraction of sp³-hybridized carbons (Fsp3) is 0.381. The maximum Gasteiger partial charge on any atom is 0.243 e. The van der Waals surface area contributed by atoms with Gasteiger partial charge >= 0.3 is 0 Å². The third kappa shape index (κ3) is 5.83. The van der Waals surface area contributed by atoms with E-state index in [4.69, 9.17) is 0 Å². The number of rotatable bonds is 7. The van der Waals surface area contributed by atoms with Gasteiger partial charge in [-0.05, 0) is 43.2 Å². The number of hydrogen-bond donors (Lipinski definition) is 1. The van der Waals surface area contributed by atoms with Crippen LogP contribution in [-0.2, 0) is 14.8 Å². The Morgan fingerprint density at radius 2 is 1.68 bits per heavy atom. The van der Waals surface area contributed by atoms with Crippen molar-refractivity contribution in [3.8, 4) is 0 Å². The Labute approximate surface area is 171 Å². The molecule has 28 heavy (non-hydrogen) atoms. The first-order valence-electron chi connectivity index (χ1n) is 9.64. The summed E-state index contributed by atoms with van der Waals surface area (Å²) in [6.45, 7) is 1.13. The summed E-state index contributed by atoms with van der Waals surface area (Å²) in [6.07, 6.45) is 4.30. The SMILES string of the molecule is O=C(CCSc1ccccc1)Nc1cccc(S(=O)(=O)N2CCCCCC2)c1. The van der Waals surface area contributed by atoms with E-state index in [0.717, 1.165) is 30.6 Å². The van der Waals surface area contributed by atoms with E-state index in [-0.39, 0.29) is 10.8 Å². The third-order valence-corrected chi connectivity index (χ3v) is 7.57. The first-order valence-corrected chi connectivity index (χ1v) is 12.1. The van der Waals surface area contributed by atoms with Crippen molar-refractivity contribution in [1.82, 2.24) is 4.31 Å². The van der Waals surface area contributed by atoms with Gasteiger partial charge in [-0.25, -0.2) is 8.42 Å². The van der Waals surface area contributed by atoms with Crippen molar-refractivity contribution in [2.24, 2.45) is 0 Å². The molecule has 3 rings (SSSR count). The molecule has 1 heterocycles. The van der Waals surface area contributed by atoms with E-state index in [1.54, 1.807) is 40.3 Å². The summed E-state index contributed by atoms with van der Waals surface area (Å²) in [5.41, 5.74) is 0.519. The van der Waals surface area contributed by atoms with Crippen LogP contribution in [0.5, 0.6) is 0 Å². The van der Waals surface area contributed by atoms with Gasteiger partial charge in [-0.2, -0.15) is 4.31 Å². The minimum Gasteiger partial charge on any atom is -0.326 e. The Morgan fingerprint density at radius 1 is 0.964 bits per heavy atom. The third-order valence-electron chi connectivity index (χ3n) is 4.66. The Balaban J connectivity index is 1.58. The summed E-state index contributed by atoms with van der Waals surface area (Å²) in [5, 5.41) is 2.82. The molecule has 0 bridgehead atoms. The molecule has 0 aromatic heterocycles. The van der Waals surface area contributed by atoms with E-state index in [0.29, 0.717) is 31.0 Å². The second-order valence-corrected chi connectivity index (χ2v) is 9.91. The van der Waals surface area contributed by atoms with Gasteiger partial charge < -0.3 is 5.32 Å². The van der Waals surface area contributed by atoms with Crippen LogP contribution in [0.4, 0.5) is 5.69 Å². The van der Waals surface area contributed by atoms with Gasteiger partial charge in [0.25, 0.3) is 0 Å². The number of thioether (sulfide) groups is 1. The molecule has 0 radical (unpaired) electrons.